The van der Waals surface area contributed by atoms with Gasteiger partial charge in [0.2, 0.25) is 0 Å². The Kier molecular flexibility index (Phi) is 4.49. The number of nitrogens with two attached hydrogens (primary N) is 1. The quantitative estimate of drug-likeness (QED) is 0.794. The highest BCUT2D eigenvalue weighted by Crippen LogP contribution is 2.34. The number of nitrogens with one attached hydrogen (secondary N) is 1. The number of benzene rings is 2. The Morgan fingerprint density at radius 3 is 2.65 bits per heavy atom. The first-order chi connectivity index (χ1) is 9.47. The summed E-state index contributed by atoms with van der Waals surface area (Å²) in [5, 5.41) is 3.10. The van der Waals surface area contributed by atoms with Gasteiger partial charge >= 0.3 is 0 Å². The van der Waals surface area contributed by atoms with Gasteiger partial charge in [-0.25, -0.2) is 4.39 Å². The van der Waals surface area contributed by atoms with E-state index in [1.807, 2.05) is 26.0 Å². The molecule has 3 nitrogen and oxygen atoms in total. The fourth-order valence-corrected chi connectivity index (χ4v) is 2.09. The third kappa shape index (κ3) is 3.42. The van der Waals surface area contributed by atoms with Gasteiger partial charge in [-0.2, -0.15) is 0 Å². The summed E-state index contributed by atoms with van der Waals surface area (Å²) in [7, 11) is 0. The summed E-state index contributed by atoms with van der Waals surface area (Å²) in [5.41, 5.74) is 7.85. The monoisotopic (exact) mass is 338 g/mol. The molecule has 0 aliphatic heterocycles. The van der Waals surface area contributed by atoms with E-state index in [0.717, 1.165) is 4.47 Å². The third-order valence-electron chi connectivity index (χ3n) is 2.63. The number of ether oxygens (including phenoxy) is 1. The first-order valence-corrected chi connectivity index (χ1v) is 7.04. The normalized spacial score (nSPS) is 10.7. The summed E-state index contributed by atoms with van der Waals surface area (Å²) >= 11 is 3.37. The van der Waals surface area contributed by atoms with Crippen molar-refractivity contribution in [3.63, 3.8) is 0 Å². The van der Waals surface area contributed by atoms with Crippen molar-refractivity contribution in [1.29, 1.82) is 0 Å². The minimum atomic E-state index is -0.316. The van der Waals surface area contributed by atoms with Crippen molar-refractivity contribution in [2.24, 2.45) is 0 Å². The van der Waals surface area contributed by atoms with Gasteiger partial charge in [0.25, 0.3) is 0 Å². The fraction of sp³-hybridized carbons (Fsp3) is 0.200. The molecule has 0 fully saturated rings. The largest absolute Gasteiger partial charge is 0.489 e. The minimum Gasteiger partial charge on any atom is -0.489 e. The molecule has 2 aromatic carbocycles. The molecule has 0 bridgehead atoms. The molecule has 0 saturated heterocycles. The first-order valence-electron chi connectivity index (χ1n) is 6.24. The molecule has 0 amide bonds. The molecule has 2 rings (SSSR count). The van der Waals surface area contributed by atoms with E-state index in [-0.39, 0.29) is 11.9 Å². The second-order valence-corrected chi connectivity index (χ2v) is 5.49. The molecule has 106 valence electrons. The lowest BCUT2D eigenvalue weighted by Gasteiger charge is -2.16. The molecule has 5 heteroatoms. The van der Waals surface area contributed by atoms with Crippen LogP contribution >= 0.6 is 15.9 Å². The maximum Gasteiger partial charge on any atom is 0.144 e. The number of hydrogen-bond acceptors (Lipinski definition) is 3. The van der Waals surface area contributed by atoms with E-state index in [0.29, 0.717) is 22.8 Å². The van der Waals surface area contributed by atoms with Gasteiger partial charge in [0.05, 0.1) is 23.2 Å². The average molecular weight is 339 g/mol. The predicted octanol–water partition coefficient (Wildman–Crippen LogP) is 4.70. The van der Waals surface area contributed by atoms with Gasteiger partial charge in [0.1, 0.15) is 11.6 Å². The maximum absolute atomic E-state index is 13.3. The number of hydrogen-bond donors (Lipinski definition) is 2. The van der Waals surface area contributed by atoms with Crippen molar-refractivity contribution in [1.82, 2.24) is 0 Å². The van der Waals surface area contributed by atoms with Gasteiger partial charge in [-0.1, -0.05) is 6.07 Å². The smallest absolute Gasteiger partial charge is 0.144 e. The number of rotatable bonds is 4. The van der Waals surface area contributed by atoms with Crippen molar-refractivity contribution in [2.45, 2.75) is 20.0 Å². The van der Waals surface area contributed by atoms with E-state index in [1.165, 1.54) is 12.1 Å². The standard InChI is InChI=1S/C15H16BrFN2O/c1-9(2)20-14-5-3-4-12(15(14)18)19-13-8-10(17)6-7-11(13)16/h3-9,19H,18H2,1-2H3. The summed E-state index contributed by atoms with van der Waals surface area (Å²) in [6, 6.07) is 9.89. The molecular weight excluding hydrogens is 323 g/mol. The number of nitrogen functional groups attached to an aromatic ring is 1. The van der Waals surface area contributed by atoms with E-state index in [1.54, 1.807) is 12.1 Å². The zero-order valence-electron chi connectivity index (χ0n) is 11.3. The first kappa shape index (κ1) is 14.7. The van der Waals surface area contributed by atoms with Crippen LogP contribution in [0.25, 0.3) is 0 Å². The van der Waals surface area contributed by atoms with Crippen LogP contribution < -0.4 is 15.8 Å². The Morgan fingerprint density at radius 1 is 1.20 bits per heavy atom. The van der Waals surface area contributed by atoms with Crippen LogP contribution in [0.1, 0.15) is 13.8 Å². The lowest BCUT2D eigenvalue weighted by atomic mass is 10.2. The average Bonchev–Trinajstić information content (AvgIpc) is 2.38. The van der Waals surface area contributed by atoms with Crippen molar-refractivity contribution in [3.8, 4) is 5.75 Å². The van der Waals surface area contributed by atoms with Crippen LogP contribution in [0.15, 0.2) is 40.9 Å². The van der Waals surface area contributed by atoms with E-state index in [2.05, 4.69) is 21.2 Å². The van der Waals surface area contributed by atoms with E-state index < -0.39 is 0 Å². The highest BCUT2D eigenvalue weighted by Gasteiger charge is 2.09. The Balaban J connectivity index is 2.32. The van der Waals surface area contributed by atoms with Crippen molar-refractivity contribution in [3.05, 3.63) is 46.7 Å². The molecule has 0 spiro atoms. The summed E-state index contributed by atoms with van der Waals surface area (Å²) in [6.45, 7) is 3.87. The van der Waals surface area contributed by atoms with Crippen LogP contribution in [0, 0.1) is 5.82 Å². The predicted molar refractivity (Wildman–Crippen MR) is 84.0 cm³/mol. The molecule has 3 N–H and O–H groups in total. The van der Waals surface area contributed by atoms with Crippen molar-refractivity contribution < 1.29 is 9.13 Å². The molecule has 0 saturated carbocycles. The number of halogens is 2. The third-order valence-corrected chi connectivity index (χ3v) is 3.32. The van der Waals surface area contributed by atoms with Crippen LogP contribution in [0.2, 0.25) is 0 Å². The number of anilines is 3. The molecule has 0 atom stereocenters. The Bertz CT molecular complexity index is 617. The van der Waals surface area contributed by atoms with Crippen molar-refractivity contribution in [2.75, 3.05) is 11.1 Å². The van der Waals surface area contributed by atoms with E-state index >= 15 is 0 Å². The van der Waals surface area contributed by atoms with E-state index in [9.17, 15) is 4.39 Å². The molecule has 0 aromatic heterocycles. The van der Waals surface area contributed by atoms with Gasteiger partial charge in [-0.3, -0.25) is 0 Å². The Hall–Kier alpha value is -1.75. The molecule has 0 unspecified atom stereocenters. The van der Waals surface area contributed by atoms with Gasteiger partial charge < -0.3 is 15.8 Å². The van der Waals surface area contributed by atoms with Gasteiger partial charge in [0.15, 0.2) is 0 Å². The van der Waals surface area contributed by atoms with Crippen LogP contribution in [0.3, 0.4) is 0 Å². The molecule has 0 aliphatic carbocycles. The molecule has 0 aliphatic rings. The zero-order valence-corrected chi connectivity index (χ0v) is 12.9. The Morgan fingerprint density at radius 2 is 1.95 bits per heavy atom. The van der Waals surface area contributed by atoms with Crippen LogP contribution in [-0.2, 0) is 0 Å². The summed E-state index contributed by atoms with van der Waals surface area (Å²) in [6.07, 6.45) is 0.0356. The van der Waals surface area contributed by atoms with Crippen LogP contribution in [0.5, 0.6) is 5.75 Å². The van der Waals surface area contributed by atoms with E-state index in [4.69, 9.17) is 10.5 Å². The molecule has 0 radical (unpaired) electrons. The molecule has 0 heterocycles. The summed E-state index contributed by atoms with van der Waals surface area (Å²) in [4.78, 5) is 0. The fourth-order valence-electron chi connectivity index (χ4n) is 1.75. The van der Waals surface area contributed by atoms with Crippen molar-refractivity contribution >= 4 is 33.0 Å². The maximum atomic E-state index is 13.3. The molecule has 2 aromatic rings. The molecular formula is C15H16BrFN2O. The highest BCUT2D eigenvalue weighted by molar-refractivity contribution is 9.10. The van der Waals surface area contributed by atoms with Gasteiger partial charge in [0, 0.05) is 4.47 Å². The lowest BCUT2D eigenvalue weighted by molar-refractivity contribution is 0.244. The number of para-hydroxylation sites is 1. The zero-order chi connectivity index (χ0) is 14.7. The Labute approximate surface area is 126 Å². The molecule has 20 heavy (non-hydrogen) atoms. The minimum absolute atomic E-state index is 0.0356. The second-order valence-electron chi connectivity index (χ2n) is 4.63. The van der Waals surface area contributed by atoms with Gasteiger partial charge in [-0.15, -0.1) is 0 Å². The topological polar surface area (TPSA) is 47.3 Å². The summed E-state index contributed by atoms with van der Waals surface area (Å²) in [5.74, 6) is 0.293. The lowest BCUT2D eigenvalue weighted by Crippen LogP contribution is -2.08. The summed E-state index contributed by atoms with van der Waals surface area (Å²) < 4.78 is 19.7. The van der Waals surface area contributed by atoms with Crippen LogP contribution in [-0.4, -0.2) is 6.10 Å². The highest BCUT2D eigenvalue weighted by atomic mass is 79.9. The SMILES string of the molecule is CC(C)Oc1cccc(Nc2cc(F)ccc2Br)c1N. The van der Waals surface area contributed by atoms with Gasteiger partial charge in [-0.05, 0) is 60.1 Å². The second kappa shape index (κ2) is 6.13. The van der Waals surface area contributed by atoms with Crippen LogP contribution in [0.4, 0.5) is 21.5 Å².